The Hall–Kier alpha value is -1.40. The Bertz CT molecular complexity index is 582. The molecule has 1 aromatic carbocycles. The van der Waals surface area contributed by atoms with Crippen LogP contribution in [0.2, 0.25) is 0 Å². The molecule has 0 aliphatic carbocycles. The van der Waals surface area contributed by atoms with Crippen molar-refractivity contribution in [1.82, 2.24) is 4.31 Å². The molecule has 0 aromatic heterocycles. The number of rotatable bonds is 4. The molecule has 0 saturated heterocycles. The van der Waals surface area contributed by atoms with E-state index in [0.717, 1.165) is 11.1 Å². The van der Waals surface area contributed by atoms with Crippen molar-refractivity contribution in [2.24, 2.45) is 0 Å². The van der Waals surface area contributed by atoms with Gasteiger partial charge in [-0.15, -0.1) is 0 Å². The normalized spacial score (nSPS) is 19.9. The first-order chi connectivity index (χ1) is 8.95. The molecule has 19 heavy (non-hydrogen) atoms. The highest BCUT2D eigenvalue weighted by Crippen LogP contribution is 2.34. The lowest BCUT2D eigenvalue weighted by molar-refractivity contribution is -0.138. The van der Waals surface area contributed by atoms with Crippen LogP contribution in [0.25, 0.3) is 0 Å². The van der Waals surface area contributed by atoms with Crippen LogP contribution in [0.15, 0.2) is 24.3 Å². The number of fused-ring (bicyclic) bond motifs is 1. The molecule has 0 unspecified atom stereocenters. The molecule has 0 amide bonds. The largest absolute Gasteiger partial charge is 0.481 e. The third-order valence-electron chi connectivity index (χ3n) is 3.45. The second-order valence-corrected chi connectivity index (χ2v) is 6.78. The molecule has 1 aliphatic heterocycles. The Balaban J connectivity index is 2.45. The molecule has 1 aromatic rings. The third-order valence-corrected chi connectivity index (χ3v) is 5.33. The topological polar surface area (TPSA) is 74.7 Å². The van der Waals surface area contributed by atoms with Crippen molar-refractivity contribution in [1.29, 1.82) is 0 Å². The fourth-order valence-electron chi connectivity index (χ4n) is 2.50. The van der Waals surface area contributed by atoms with Gasteiger partial charge in [-0.1, -0.05) is 24.3 Å². The second kappa shape index (κ2) is 5.30. The molecule has 0 spiro atoms. The number of carbonyl (C=O) groups is 1. The number of hydrogen-bond acceptors (Lipinski definition) is 3. The molecule has 0 radical (unpaired) electrons. The zero-order chi connectivity index (χ0) is 14.0. The van der Waals surface area contributed by atoms with E-state index in [1.807, 2.05) is 24.3 Å². The predicted molar refractivity (Wildman–Crippen MR) is 71.3 cm³/mol. The van der Waals surface area contributed by atoms with Gasteiger partial charge in [0.25, 0.3) is 0 Å². The van der Waals surface area contributed by atoms with Gasteiger partial charge in [0.1, 0.15) is 0 Å². The highest BCUT2D eigenvalue weighted by atomic mass is 32.2. The van der Waals surface area contributed by atoms with Gasteiger partial charge in [0.2, 0.25) is 10.0 Å². The summed E-state index contributed by atoms with van der Waals surface area (Å²) in [5, 5.41) is 9.03. The number of aliphatic carboxylic acids is 1. The molecular weight excluding hydrogens is 266 g/mol. The zero-order valence-corrected chi connectivity index (χ0v) is 11.6. The average Bonchev–Trinajstić information content (AvgIpc) is 2.38. The van der Waals surface area contributed by atoms with Crippen molar-refractivity contribution < 1.29 is 18.3 Å². The molecule has 1 N–H and O–H groups in total. The predicted octanol–water partition coefficient (Wildman–Crippen LogP) is 1.41. The maximum atomic E-state index is 12.1. The fraction of sp³-hybridized carbons (Fsp3) is 0.462. The number of carboxylic acids is 1. The highest BCUT2D eigenvalue weighted by Gasteiger charge is 2.35. The lowest BCUT2D eigenvalue weighted by Gasteiger charge is -2.35. The SMILES string of the molecule is CCS(=O)(=O)N1CCc2ccccc2[C@H]1CC(=O)O. The van der Waals surface area contributed by atoms with E-state index in [1.165, 1.54) is 4.31 Å². The van der Waals surface area contributed by atoms with Gasteiger partial charge in [0.15, 0.2) is 0 Å². The monoisotopic (exact) mass is 283 g/mol. The van der Waals surface area contributed by atoms with Crippen LogP contribution in [0.5, 0.6) is 0 Å². The smallest absolute Gasteiger partial charge is 0.305 e. The Morgan fingerprint density at radius 2 is 2.11 bits per heavy atom. The van der Waals surface area contributed by atoms with Gasteiger partial charge < -0.3 is 5.11 Å². The summed E-state index contributed by atoms with van der Waals surface area (Å²) in [7, 11) is -3.39. The summed E-state index contributed by atoms with van der Waals surface area (Å²) in [6.45, 7) is 1.93. The number of benzene rings is 1. The summed E-state index contributed by atoms with van der Waals surface area (Å²) in [5.41, 5.74) is 1.85. The molecule has 104 valence electrons. The minimum atomic E-state index is -3.39. The quantitative estimate of drug-likeness (QED) is 0.906. The molecule has 0 bridgehead atoms. The lowest BCUT2D eigenvalue weighted by Crippen LogP contribution is -2.41. The molecule has 0 fully saturated rings. The van der Waals surface area contributed by atoms with Crippen LogP contribution < -0.4 is 0 Å². The van der Waals surface area contributed by atoms with Crippen molar-refractivity contribution >= 4 is 16.0 Å². The summed E-state index contributed by atoms with van der Waals surface area (Å²) in [4.78, 5) is 11.0. The summed E-state index contributed by atoms with van der Waals surface area (Å²) < 4.78 is 25.5. The van der Waals surface area contributed by atoms with Crippen LogP contribution in [0.3, 0.4) is 0 Å². The summed E-state index contributed by atoms with van der Waals surface area (Å²) in [6.07, 6.45) is 0.432. The molecule has 5 nitrogen and oxygen atoms in total. The first kappa shape index (κ1) is 14.0. The lowest BCUT2D eigenvalue weighted by atomic mass is 9.92. The van der Waals surface area contributed by atoms with Gasteiger partial charge in [-0.05, 0) is 24.5 Å². The van der Waals surface area contributed by atoms with Crippen LogP contribution in [-0.4, -0.2) is 36.1 Å². The van der Waals surface area contributed by atoms with Gasteiger partial charge in [0, 0.05) is 6.54 Å². The highest BCUT2D eigenvalue weighted by molar-refractivity contribution is 7.89. The van der Waals surface area contributed by atoms with Gasteiger partial charge >= 0.3 is 5.97 Å². The summed E-state index contributed by atoms with van der Waals surface area (Å²) in [6, 6.07) is 6.86. The number of nitrogens with zero attached hydrogens (tertiary/aromatic N) is 1. The standard InChI is InChI=1S/C13H17NO4S/c1-2-19(17,18)14-8-7-10-5-3-4-6-11(10)12(14)9-13(15)16/h3-6,12H,2,7-9H2,1H3,(H,15,16)/t12-/m1/s1. The number of sulfonamides is 1. The number of hydrogen-bond donors (Lipinski definition) is 1. The molecule has 1 heterocycles. The maximum absolute atomic E-state index is 12.1. The van der Waals surface area contributed by atoms with E-state index in [4.69, 9.17) is 5.11 Å². The number of carboxylic acid groups (broad SMARTS) is 1. The van der Waals surface area contributed by atoms with Gasteiger partial charge in [-0.2, -0.15) is 4.31 Å². The maximum Gasteiger partial charge on any atom is 0.305 e. The first-order valence-electron chi connectivity index (χ1n) is 6.25. The summed E-state index contributed by atoms with van der Waals surface area (Å²) >= 11 is 0. The molecule has 1 atom stereocenters. The molecule has 0 saturated carbocycles. The zero-order valence-electron chi connectivity index (χ0n) is 10.7. The van der Waals surface area contributed by atoms with E-state index in [0.29, 0.717) is 13.0 Å². The molecule has 1 aliphatic rings. The Morgan fingerprint density at radius 3 is 2.74 bits per heavy atom. The van der Waals surface area contributed by atoms with E-state index < -0.39 is 22.0 Å². The van der Waals surface area contributed by atoms with E-state index >= 15 is 0 Å². The average molecular weight is 283 g/mol. The fourth-order valence-corrected chi connectivity index (χ4v) is 3.78. The van der Waals surface area contributed by atoms with Gasteiger partial charge in [-0.3, -0.25) is 4.79 Å². The van der Waals surface area contributed by atoms with Gasteiger partial charge in [-0.25, -0.2) is 8.42 Å². The molecular formula is C13H17NO4S. The van der Waals surface area contributed by atoms with E-state index in [-0.39, 0.29) is 12.2 Å². The van der Waals surface area contributed by atoms with Crippen LogP contribution in [0.4, 0.5) is 0 Å². The summed E-state index contributed by atoms with van der Waals surface area (Å²) in [5.74, 6) is -0.997. The Morgan fingerprint density at radius 1 is 1.42 bits per heavy atom. The van der Waals surface area contributed by atoms with E-state index in [1.54, 1.807) is 6.92 Å². The second-order valence-electron chi connectivity index (χ2n) is 4.57. The van der Waals surface area contributed by atoms with E-state index in [2.05, 4.69) is 0 Å². The first-order valence-corrected chi connectivity index (χ1v) is 7.85. The van der Waals surface area contributed by atoms with E-state index in [9.17, 15) is 13.2 Å². The van der Waals surface area contributed by atoms with Gasteiger partial charge in [0.05, 0.1) is 18.2 Å². The van der Waals surface area contributed by atoms with Crippen molar-refractivity contribution in [3.63, 3.8) is 0 Å². The Labute approximate surface area is 112 Å². The third kappa shape index (κ3) is 2.79. The van der Waals surface area contributed by atoms with Crippen molar-refractivity contribution in [2.45, 2.75) is 25.8 Å². The van der Waals surface area contributed by atoms with Crippen molar-refractivity contribution in [3.8, 4) is 0 Å². The van der Waals surface area contributed by atoms with Crippen molar-refractivity contribution in [3.05, 3.63) is 35.4 Å². The Kier molecular flexibility index (Phi) is 3.91. The van der Waals surface area contributed by atoms with Crippen molar-refractivity contribution in [2.75, 3.05) is 12.3 Å². The minimum Gasteiger partial charge on any atom is -0.481 e. The van der Waals surface area contributed by atoms with Crippen LogP contribution in [0.1, 0.15) is 30.5 Å². The van der Waals surface area contributed by atoms with Crippen LogP contribution in [0, 0.1) is 0 Å². The molecule has 2 rings (SSSR count). The van der Waals surface area contributed by atoms with Crippen LogP contribution in [-0.2, 0) is 21.2 Å². The minimum absolute atomic E-state index is 0.00864. The van der Waals surface area contributed by atoms with Crippen LogP contribution >= 0.6 is 0 Å². The molecule has 6 heteroatoms.